The highest BCUT2D eigenvalue weighted by Crippen LogP contribution is 2.23. The number of rotatable bonds is 5. The van der Waals surface area contributed by atoms with Crippen LogP contribution in [0.15, 0.2) is 47.4 Å². The van der Waals surface area contributed by atoms with E-state index in [1.807, 2.05) is 0 Å². The van der Waals surface area contributed by atoms with Gasteiger partial charge in [0.25, 0.3) is 17.5 Å². The van der Waals surface area contributed by atoms with Crippen LogP contribution in [0.5, 0.6) is 0 Å². The molecule has 0 aliphatic carbocycles. The Hall–Kier alpha value is -3.02. The highest BCUT2D eigenvalue weighted by molar-refractivity contribution is 7.89. The SMILES string of the molecule is O=C(NNC(=O)c1ccc([N+](=O)[O-])cc1Cl)c1ccc(S(=O)(=O)N2CCCC2)cc1. The number of hydrogen-bond donors (Lipinski definition) is 2. The van der Waals surface area contributed by atoms with Gasteiger partial charge in [0.15, 0.2) is 0 Å². The predicted octanol–water partition coefficient (Wildman–Crippen LogP) is 2.11. The normalized spacial score (nSPS) is 14.3. The van der Waals surface area contributed by atoms with Crippen molar-refractivity contribution in [1.29, 1.82) is 0 Å². The number of hydrazine groups is 1. The second-order valence-electron chi connectivity index (χ2n) is 6.47. The number of nitrogens with zero attached hydrogens (tertiary/aromatic N) is 2. The van der Waals surface area contributed by atoms with Gasteiger partial charge in [-0.15, -0.1) is 0 Å². The lowest BCUT2D eigenvalue weighted by molar-refractivity contribution is -0.384. The number of halogens is 1. The average Bonchev–Trinajstić information content (AvgIpc) is 3.27. The van der Waals surface area contributed by atoms with Gasteiger partial charge in [0.05, 0.1) is 20.4 Å². The Bertz CT molecular complexity index is 1100. The minimum atomic E-state index is -3.59. The summed E-state index contributed by atoms with van der Waals surface area (Å²) in [6.45, 7) is 0.948. The van der Waals surface area contributed by atoms with E-state index in [0.29, 0.717) is 13.1 Å². The smallest absolute Gasteiger partial charge is 0.267 e. The quantitative estimate of drug-likeness (QED) is 0.526. The van der Waals surface area contributed by atoms with Crippen molar-refractivity contribution in [2.45, 2.75) is 17.7 Å². The van der Waals surface area contributed by atoms with E-state index < -0.39 is 26.8 Å². The molecule has 0 radical (unpaired) electrons. The van der Waals surface area contributed by atoms with Crippen LogP contribution in [0.3, 0.4) is 0 Å². The zero-order chi connectivity index (χ0) is 21.9. The molecule has 30 heavy (non-hydrogen) atoms. The zero-order valence-electron chi connectivity index (χ0n) is 15.5. The third kappa shape index (κ3) is 4.58. The van der Waals surface area contributed by atoms with Gasteiger partial charge >= 0.3 is 0 Å². The van der Waals surface area contributed by atoms with Crippen LogP contribution in [0.2, 0.25) is 5.02 Å². The van der Waals surface area contributed by atoms with E-state index in [9.17, 15) is 28.1 Å². The summed E-state index contributed by atoms with van der Waals surface area (Å²) in [6.07, 6.45) is 1.64. The molecule has 3 rings (SSSR count). The van der Waals surface area contributed by atoms with Crippen molar-refractivity contribution in [1.82, 2.24) is 15.2 Å². The van der Waals surface area contributed by atoms with Gasteiger partial charge in [0.2, 0.25) is 10.0 Å². The van der Waals surface area contributed by atoms with Crippen molar-refractivity contribution in [3.05, 3.63) is 68.7 Å². The molecule has 1 fully saturated rings. The monoisotopic (exact) mass is 452 g/mol. The van der Waals surface area contributed by atoms with Gasteiger partial charge in [0, 0.05) is 30.8 Å². The van der Waals surface area contributed by atoms with Crippen molar-refractivity contribution in [3.63, 3.8) is 0 Å². The van der Waals surface area contributed by atoms with Crippen molar-refractivity contribution < 1.29 is 22.9 Å². The van der Waals surface area contributed by atoms with Crippen molar-refractivity contribution in [2.24, 2.45) is 0 Å². The molecule has 2 amide bonds. The molecule has 2 aromatic rings. The molecule has 0 atom stereocenters. The Labute approximate surface area is 177 Å². The molecule has 1 saturated heterocycles. The lowest BCUT2D eigenvalue weighted by Gasteiger charge is -2.15. The van der Waals surface area contributed by atoms with Gasteiger partial charge in [-0.3, -0.25) is 30.6 Å². The van der Waals surface area contributed by atoms with Crippen LogP contribution < -0.4 is 10.9 Å². The van der Waals surface area contributed by atoms with Crippen LogP contribution in [-0.4, -0.2) is 42.6 Å². The van der Waals surface area contributed by atoms with Crippen molar-refractivity contribution in [3.8, 4) is 0 Å². The Morgan fingerprint density at radius 3 is 2.17 bits per heavy atom. The standard InChI is InChI=1S/C18H17ClN4O6S/c19-16-11-13(23(26)27)5-8-15(16)18(25)21-20-17(24)12-3-6-14(7-4-12)30(28,29)22-9-1-2-10-22/h3-8,11H,1-2,9-10H2,(H,20,24)(H,21,25). The van der Waals surface area contributed by atoms with E-state index in [2.05, 4.69) is 10.9 Å². The van der Waals surface area contributed by atoms with Crippen LogP contribution in [-0.2, 0) is 10.0 Å². The molecule has 1 aliphatic heterocycles. The van der Waals surface area contributed by atoms with Gasteiger partial charge in [0.1, 0.15) is 0 Å². The number of non-ortho nitro benzene ring substituents is 1. The second kappa shape index (κ2) is 8.78. The molecule has 1 heterocycles. The Kier molecular flexibility index (Phi) is 6.34. The highest BCUT2D eigenvalue weighted by atomic mass is 35.5. The maximum atomic E-state index is 12.5. The zero-order valence-corrected chi connectivity index (χ0v) is 17.1. The van der Waals surface area contributed by atoms with E-state index in [-0.39, 0.29) is 26.7 Å². The molecule has 0 spiro atoms. The number of sulfonamides is 1. The maximum absolute atomic E-state index is 12.5. The third-order valence-corrected chi connectivity index (χ3v) is 6.74. The summed E-state index contributed by atoms with van der Waals surface area (Å²) in [5.74, 6) is -1.44. The lowest BCUT2D eigenvalue weighted by Crippen LogP contribution is -2.41. The Morgan fingerprint density at radius 2 is 1.60 bits per heavy atom. The first-order chi connectivity index (χ1) is 14.2. The molecular formula is C18H17ClN4O6S. The summed E-state index contributed by atoms with van der Waals surface area (Å²) in [7, 11) is -3.59. The average molecular weight is 453 g/mol. The van der Waals surface area contributed by atoms with Crippen LogP contribution in [0.25, 0.3) is 0 Å². The number of hydrogen-bond acceptors (Lipinski definition) is 6. The fourth-order valence-electron chi connectivity index (χ4n) is 2.91. The molecule has 2 N–H and O–H groups in total. The van der Waals surface area contributed by atoms with E-state index in [1.54, 1.807) is 0 Å². The minimum Gasteiger partial charge on any atom is -0.267 e. The van der Waals surface area contributed by atoms with E-state index in [1.165, 1.54) is 34.6 Å². The topological polar surface area (TPSA) is 139 Å². The van der Waals surface area contributed by atoms with Gasteiger partial charge in [-0.1, -0.05) is 11.6 Å². The first-order valence-corrected chi connectivity index (χ1v) is 10.7. The number of nitro benzene ring substituents is 1. The second-order valence-corrected chi connectivity index (χ2v) is 8.81. The number of carbonyl (C=O) groups excluding carboxylic acids is 2. The first kappa shape index (κ1) is 21.7. The molecular weight excluding hydrogens is 436 g/mol. The summed E-state index contributed by atoms with van der Waals surface area (Å²) in [5, 5.41) is 10.6. The fraction of sp³-hybridized carbons (Fsp3) is 0.222. The Morgan fingerprint density at radius 1 is 1.00 bits per heavy atom. The summed E-state index contributed by atoms with van der Waals surface area (Å²) in [4.78, 5) is 34.5. The van der Waals surface area contributed by atoms with Crippen LogP contribution in [0, 0.1) is 10.1 Å². The third-order valence-electron chi connectivity index (χ3n) is 4.52. The highest BCUT2D eigenvalue weighted by Gasteiger charge is 2.27. The van der Waals surface area contributed by atoms with Gasteiger partial charge < -0.3 is 0 Å². The molecule has 0 saturated carbocycles. The maximum Gasteiger partial charge on any atom is 0.271 e. The summed E-state index contributed by atoms with van der Waals surface area (Å²) in [6, 6.07) is 8.64. The number of amides is 2. The number of benzene rings is 2. The van der Waals surface area contributed by atoms with Crippen molar-refractivity contribution >= 4 is 39.1 Å². The van der Waals surface area contributed by atoms with Crippen LogP contribution >= 0.6 is 11.6 Å². The molecule has 0 bridgehead atoms. The molecule has 158 valence electrons. The molecule has 1 aliphatic rings. The van der Waals surface area contributed by atoms with Gasteiger partial charge in [-0.2, -0.15) is 4.31 Å². The van der Waals surface area contributed by atoms with Crippen LogP contribution in [0.4, 0.5) is 5.69 Å². The number of carbonyl (C=O) groups is 2. The fourth-order valence-corrected chi connectivity index (χ4v) is 4.69. The Balaban J connectivity index is 1.64. The predicted molar refractivity (Wildman–Crippen MR) is 107 cm³/mol. The van der Waals surface area contributed by atoms with Gasteiger partial charge in [-0.25, -0.2) is 8.42 Å². The van der Waals surface area contributed by atoms with Crippen molar-refractivity contribution in [2.75, 3.05) is 13.1 Å². The summed E-state index contributed by atoms with van der Waals surface area (Å²) >= 11 is 5.88. The van der Waals surface area contributed by atoms with Crippen LogP contribution in [0.1, 0.15) is 33.6 Å². The van der Waals surface area contributed by atoms with E-state index in [0.717, 1.165) is 25.0 Å². The number of nitro groups is 1. The summed E-state index contributed by atoms with van der Waals surface area (Å²) in [5.41, 5.74) is 4.14. The first-order valence-electron chi connectivity index (χ1n) is 8.85. The molecule has 2 aromatic carbocycles. The van der Waals surface area contributed by atoms with Gasteiger partial charge in [-0.05, 0) is 43.2 Å². The van der Waals surface area contributed by atoms with E-state index in [4.69, 9.17) is 11.6 Å². The molecule has 10 nitrogen and oxygen atoms in total. The summed E-state index contributed by atoms with van der Waals surface area (Å²) < 4.78 is 26.4. The lowest BCUT2D eigenvalue weighted by atomic mass is 10.2. The largest absolute Gasteiger partial charge is 0.271 e. The molecule has 12 heteroatoms. The van der Waals surface area contributed by atoms with E-state index >= 15 is 0 Å². The molecule has 0 unspecified atom stereocenters. The molecule has 0 aromatic heterocycles. The minimum absolute atomic E-state index is 0.0605. The number of nitrogens with one attached hydrogen (secondary N) is 2.